The van der Waals surface area contributed by atoms with Crippen LogP contribution in [0.2, 0.25) is 0 Å². The molecule has 1 saturated carbocycles. The number of carbonyl (C=O) groups is 1. The Morgan fingerprint density at radius 2 is 1.71 bits per heavy atom. The van der Waals surface area contributed by atoms with Crippen LogP contribution in [0, 0.1) is 5.92 Å². The first-order chi connectivity index (χ1) is 16.4. The summed E-state index contributed by atoms with van der Waals surface area (Å²) in [6.07, 6.45) is 4.21. The highest BCUT2D eigenvalue weighted by Gasteiger charge is 2.23. The molecule has 4 rings (SSSR count). The third-order valence-corrected chi connectivity index (χ3v) is 6.57. The number of amides is 2. The molecule has 0 bridgehead atoms. The molecule has 0 atom stereocenters. The van der Waals surface area contributed by atoms with Crippen molar-refractivity contribution in [3.8, 4) is 0 Å². The third-order valence-electron chi connectivity index (χ3n) is 6.57. The molecule has 7 heteroatoms. The van der Waals surface area contributed by atoms with Crippen molar-refractivity contribution in [3.05, 3.63) is 54.1 Å². The van der Waals surface area contributed by atoms with Crippen molar-refractivity contribution in [3.63, 3.8) is 0 Å². The third kappa shape index (κ3) is 5.76. The van der Waals surface area contributed by atoms with Crippen molar-refractivity contribution < 1.29 is 4.79 Å². The number of nitrogens with zero attached hydrogens (tertiary/aromatic N) is 3. The zero-order chi connectivity index (χ0) is 24.1. The first kappa shape index (κ1) is 23.8. The largest absolute Gasteiger partial charge is 0.362 e. The van der Waals surface area contributed by atoms with E-state index in [1.54, 1.807) is 0 Å². The fraction of sp³-hybridized carbons (Fsp3) is 0.444. The molecule has 1 aromatic heterocycles. The molecule has 2 aromatic carbocycles. The van der Waals surface area contributed by atoms with Crippen LogP contribution in [-0.4, -0.2) is 42.7 Å². The number of aromatic nitrogens is 2. The summed E-state index contributed by atoms with van der Waals surface area (Å²) in [5.74, 6) is 2.46. The van der Waals surface area contributed by atoms with Gasteiger partial charge in [0.1, 0.15) is 5.82 Å². The Morgan fingerprint density at radius 1 is 1.00 bits per heavy atom. The van der Waals surface area contributed by atoms with Crippen LogP contribution in [0.3, 0.4) is 0 Å². The number of benzene rings is 2. The molecule has 0 radical (unpaired) electrons. The molecule has 1 heterocycles. The van der Waals surface area contributed by atoms with Gasteiger partial charge < -0.3 is 20.9 Å². The van der Waals surface area contributed by atoms with Gasteiger partial charge in [-0.3, -0.25) is 0 Å². The number of hydrogen-bond acceptors (Lipinski definition) is 5. The summed E-state index contributed by atoms with van der Waals surface area (Å²) >= 11 is 0. The molecule has 2 amide bonds. The quantitative estimate of drug-likeness (QED) is 0.427. The average Bonchev–Trinajstić information content (AvgIpc) is 2.83. The summed E-state index contributed by atoms with van der Waals surface area (Å²) < 4.78 is 0. The number of anilines is 3. The zero-order valence-electron chi connectivity index (χ0n) is 20.6. The lowest BCUT2D eigenvalue weighted by molar-refractivity contribution is 0.246. The number of fused-ring (bicyclic) bond motifs is 1. The molecule has 7 nitrogen and oxygen atoms in total. The Balaban J connectivity index is 1.28. The van der Waals surface area contributed by atoms with Crippen molar-refractivity contribution in [2.24, 2.45) is 5.92 Å². The molecule has 3 N–H and O–H groups in total. The van der Waals surface area contributed by atoms with E-state index in [0.717, 1.165) is 53.7 Å². The van der Waals surface area contributed by atoms with E-state index in [9.17, 15) is 4.79 Å². The summed E-state index contributed by atoms with van der Waals surface area (Å²) in [6.45, 7) is 4.96. The van der Waals surface area contributed by atoms with Crippen LogP contribution in [0.25, 0.3) is 10.9 Å². The second-order valence-electron chi connectivity index (χ2n) is 9.72. The van der Waals surface area contributed by atoms with Crippen LogP contribution in [-0.2, 0) is 0 Å². The van der Waals surface area contributed by atoms with Crippen molar-refractivity contribution in [2.75, 3.05) is 36.2 Å². The van der Waals surface area contributed by atoms with Crippen molar-refractivity contribution in [1.82, 2.24) is 15.3 Å². The standard InChI is InChI=1S/C27H36N6O/c1-18(2)21-9-5-7-11-23(21)31-27(34)28-17-19-13-15-20(16-14-19)29-26-30-24-12-8-6-10-22(24)25(32-26)33(3)4/h5-12,18-20H,13-17H2,1-4H3,(H2,28,31,34)(H,29,30,32). The number of nitrogens with one attached hydrogen (secondary N) is 3. The van der Waals surface area contributed by atoms with Gasteiger partial charge in [-0.25, -0.2) is 9.78 Å². The van der Waals surface area contributed by atoms with E-state index in [0.29, 0.717) is 30.4 Å². The minimum atomic E-state index is -0.130. The van der Waals surface area contributed by atoms with Crippen LogP contribution < -0.4 is 20.9 Å². The first-order valence-corrected chi connectivity index (χ1v) is 12.2. The molecule has 3 aromatic rings. The van der Waals surface area contributed by atoms with Gasteiger partial charge in [0.25, 0.3) is 0 Å². The Bertz CT molecular complexity index is 1120. The summed E-state index contributed by atoms with van der Waals surface area (Å²) in [6, 6.07) is 16.3. The highest BCUT2D eigenvalue weighted by atomic mass is 16.2. The maximum atomic E-state index is 12.5. The van der Waals surface area contributed by atoms with E-state index >= 15 is 0 Å². The van der Waals surface area contributed by atoms with Gasteiger partial charge in [-0.1, -0.05) is 44.2 Å². The van der Waals surface area contributed by atoms with Crippen molar-refractivity contribution in [2.45, 2.75) is 51.5 Å². The minimum Gasteiger partial charge on any atom is -0.362 e. The van der Waals surface area contributed by atoms with Gasteiger partial charge >= 0.3 is 6.03 Å². The second-order valence-corrected chi connectivity index (χ2v) is 9.72. The van der Waals surface area contributed by atoms with Gasteiger partial charge in [-0.2, -0.15) is 4.98 Å². The highest BCUT2D eigenvalue weighted by molar-refractivity contribution is 5.91. The maximum Gasteiger partial charge on any atom is 0.319 e. The highest BCUT2D eigenvalue weighted by Crippen LogP contribution is 2.28. The van der Waals surface area contributed by atoms with Gasteiger partial charge in [0.2, 0.25) is 5.95 Å². The predicted molar refractivity (Wildman–Crippen MR) is 141 cm³/mol. The topological polar surface area (TPSA) is 82.2 Å². The molecule has 0 saturated heterocycles. The minimum absolute atomic E-state index is 0.130. The first-order valence-electron chi connectivity index (χ1n) is 12.2. The van der Waals surface area contributed by atoms with Crippen LogP contribution >= 0.6 is 0 Å². The van der Waals surface area contributed by atoms with Crippen molar-refractivity contribution >= 4 is 34.4 Å². The molecular formula is C27H36N6O. The Hall–Kier alpha value is -3.35. The monoisotopic (exact) mass is 460 g/mol. The molecule has 1 fully saturated rings. The molecule has 0 spiro atoms. The van der Waals surface area contributed by atoms with Crippen LogP contribution in [0.5, 0.6) is 0 Å². The summed E-state index contributed by atoms with van der Waals surface area (Å²) in [5.41, 5.74) is 2.99. The van der Waals surface area contributed by atoms with Gasteiger partial charge in [0, 0.05) is 37.8 Å². The van der Waals surface area contributed by atoms with E-state index in [2.05, 4.69) is 41.9 Å². The number of rotatable bonds is 7. The Morgan fingerprint density at radius 3 is 2.44 bits per heavy atom. The molecule has 0 unspecified atom stereocenters. The van der Waals surface area contributed by atoms with Gasteiger partial charge in [-0.15, -0.1) is 0 Å². The number of para-hydroxylation sites is 2. The molecule has 34 heavy (non-hydrogen) atoms. The molecule has 0 aliphatic heterocycles. The van der Waals surface area contributed by atoms with Gasteiger partial charge in [-0.05, 0) is 61.3 Å². The van der Waals surface area contributed by atoms with E-state index in [1.165, 1.54) is 0 Å². The van der Waals surface area contributed by atoms with E-state index in [4.69, 9.17) is 9.97 Å². The number of carbonyl (C=O) groups excluding carboxylic acids is 1. The smallest absolute Gasteiger partial charge is 0.319 e. The lowest BCUT2D eigenvalue weighted by Gasteiger charge is -2.29. The number of hydrogen-bond donors (Lipinski definition) is 3. The second kappa shape index (κ2) is 10.7. The van der Waals surface area contributed by atoms with Crippen molar-refractivity contribution in [1.29, 1.82) is 0 Å². The molecule has 1 aliphatic rings. The lowest BCUT2D eigenvalue weighted by atomic mass is 9.86. The van der Waals surface area contributed by atoms with Crippen LogP contribution in [0.15, 0.2) is 48.5 Å². The van der Waals surface area contributed by atoms with Crippen LogP contribution in [0.1, 0.15) is 51.0 Å². The Labute approximate surface area is 202 Å². The lowest BCUT2D eigenvalue weighted by Crippen LogP contribution is -2.36. The fourth-order valence-electron chi connectivity index (χ4n) is 4.68. The van der Waals surface area contributed by atoms with Gasteiger partial charge in [0.15, 0.2) is 0 Å². The predicted octanol–water partition coefficient (Wildman–Crippen LogP) is 5.61. The maximum absolute atomic E-state index is 12.5. The Kier molecular flexibility index (Phi) is 7.50. The van der Waals surface area contributed by atoms with Crippen LogP contribution in [0.4, 0.5) is 22.2 Å². The number of urea groups is 1. The van der Waals surface area contributed by atoms with E-state index in [1.807, 2.05) is 55.4 Å². The van der Waals surface area contributed by atoms with E-state index in [-0.39, 0.29) is 6.03 Å². The van der Waals surface area contributed by atoms with Gasteiger partial charge in [0.05, 0.1) is 5.52 Å². The molecular weight excluding hydrogens is 424 g/mol. The summed E-state index contributed by atoms with van der Waals surface area (Å²) in [5, 5.41) is 10.7. The molecule has 180 valence electrons. The summed E-state index contributed by atoms with van der Waals surface area (Å²) in [4.78, 5) is 24.0. The average molecular weight is 461 g/mol. The SMILES string of the molecule is CC(C)c1ccccc1NC(=O)NCC1CCC(Nc2nc(N(C)C)c3ccccc3n2)CC1. The normalized spacial score (nSPS) is 18.0. The fourth-order valence-corrected chi connectivity index (χ4v) is 4.68. The zero-order valence-corrected chi connectivity index (χ0v) is 20.6. The summed E-state index contributed by atoms with van der Waals surface area (Å²) in [7, 11) is 4.02. The van der Waals surface area contributed by atoms with E-state index < -0.39 is 0 Å². The molecule has 1 aliphatic carbocycles.